The van der Waals surface area contributed by atoms with E-state index in [-0.39, 0.29) is 5.91 Å². The zero-order valence-corrected chi connectivity index (χ0v) is 10.6. The molecule has 0 saturated carbocycles. The van der Waals surface area contributed by atoms with Crippen LogP contribution in [0.25, 0.3) is 0 Å². The number of hydrogen-bond donors (Lipinski definition) is 1. The molecule has 17 heavy (non-hydrogen) atoms. The number of carbonyl (C=O) groups is 1. The van der Waals surface area contributed by atoms with Crippen molar-refractivity contribution in [1.82, 2.24) is 4.90 Å². The number of nitrogens with one attached hydrogen (secondary N) is 1. The van der Waals surface area contributed by atoms with E-state index in [4.69, 9.17) is 0 Å². The lowest BCUT2D eigenvalue weighted by molar-refractivity contribution is -0.131. The van der Waals surface area contributed by atoms with Crippen LogP contribution in [0.1, 0.15) is 26.7 Å². The summed E-state index contributed by atoms with van der Waals surface area (Å²) < 4.78 is 0. The number of benzene rings is 1. The van der Waals surface area contributed by atoms with Gasteiger partial charge in [-0.05, 0) is 31.9 Å². The molecule has 1 fully saturated rings. The number of hydrogen-bond acceptors (Lipinski definition) is 2. The standard InChI is InChI=1S/C14H20N2O/c1-3-10-16-11-9-14(2,13(16)17)15-12-7-5-4-6-8-12/h4-8,15H,3,9-11H2,1-2H3. The van der Waals surface area contributed by atoms with Gasteiger partial charge in [0.05, 0.1) is 0 Å². The smallest absolute Gasteiger partial charge is 0.248 e. The molecule has 1 saturated heterocycles. The van der Waals surface area contributed by atoms with Crippen molar-refractivity contribution in [3.8, 4) is 0 Å². The van der Waals surface area contributed by atoms with Crippen molar-refractivity contribution >= 4 is 11.6 Å². The van der Waals surface area contributed by atoms with Gasteiger partial charge in [0, 0.05) is 18.8 Å². The monoisotopic (exact) mass is 232 g/mol. The van der Waals surface area contributed by atoms with Gasteiger partial charge in [-0.2, -0.15) is 0 Å². The molecule has 0 radical (unpaired) electrons. The molecular weight excluding hydrogens is 212 g/mol. The van der Waals surface area contributed by atoms with Gasteiger partial charge in [-0.3, -0.25) is 4.79 Å². The second kappa shape index (κ2) is 4.78. The van der Waals surface area contributed by atoms with Crippen molar-refractivity contribution in [2.45, 2.75) is 32.2 Å². The van der Waals surface area contributed by atoms with Gasteiger partial charge in [0.25, 0.3) is 0 Å². The third-order valence-electron chi connectivity index (χ3n) is 3.33. The Kier molecular flexibility index (Phi) is 3.36. The van der Waals surface area contributed by atoms with Gasteiger partial charge in [0.15, 0.2) is 0 Å². The first kappa shape index (κ1) is 12.0. The molecule has 3 heteroatoms. The number of rotatable bonds is 4. The second-order valence-corrected chi connectivity index (χ2v) is 4.87. The fourth-order valence-corrected chi connectivity index (χ4v) is 2.36. The maximum atomic E-state index is 12.3. The summed E-state index contributed by atoms with van der Waals surface area (Å²) in [5, 5.41) is 3.36. The fraction of sp³-hybridized carbons (Fsp3) is 0.500. The summed E-state index contributed by atoms with van der Waals surface area (Å²) in [6.07, 6.45) is 1.90. The van der Waals surface area contributed by atoms with Crippen molar-refractivity contribution in [3.05, 3.63) is 30.3 Å². The summed E-state index contributed by atoms with van der Waals surface area (Å²) >= 11 is 0. The highest BCUT2D eigenvalue weighted by Gasteiger charge is 2.42. The fourth-order valence-electron chi connectivity index (χ4n) is 2.36. The van der Waals surface area contributed by atoms with Crippen molar-refractivity contribution < 1.29 is 4.79 Å². The molecule has 1 aromatic carbocycles. The topological polar surface area (TPSA) is 32.3 Å². The number of amides is 1. The first-order valence-electron chi connectivity index (χ1n) is 6.28. The maximum absolute atomic E-state index is 12.3. The van der Waals surface area contributed by atoms with E-state index in [1.807, 2.05) is 42.2 Å². The molecule has 0 aromatic heterocycles. The zero-order valence-electron chi connectivity index (χ0n) is 10.6. The van der Waals surface area contributed by atoms with E-state index in [0.717, 1.165) is 31.6 Å². The number of nitrogens with zero attached hydrogens (tertiary/aromatic N) is 1. The average molecular weight is 232 g/mol. The van der Waals surface area contributed by atoms with Crippen LogP contribution in [-0.2, 0) is 4.79 Å². The molecule has 0 aliphatic carbocycles. The average Bonchev–Trinajstić information content (AvgIpc) is 2.59. The molecule has 0 spiro atoms. The van der Waals surface area contributed by atoms with E-state index in [2.05, 4.69) is 12.2 Å². The minimum absolute atomic E-state index is 0.225. The van der Waals surface area contributed by atoms with Crippen LogP contribution in [0.5, 0.6) is 0 Å². The molecule has 1 atom stereocenters. The van der Waals surface area contributed by atoms with Gasteiger partial charge < -0.3 is 10.2 Å². The summed E-state index contributed by atoms with van der Waals surface area (Å²) in [6.45, 7) is 5.83. The molecule has 1 aromatic rings. The normalized spacial score (nSPS) is 24.1. The van der Waals surface area contributed by atoms with Crippen LogP contribution < -0.4 is 5.32 Å². The largest absolute Gasteiger partial charge is 0.371 e. The number of anilines is 1. The molecule has 1 aliphatic rings. The Labute approximate surface area is 103 Å². The minimum atomic E-state index is -0.434. The third-order valence-corrected chi connectivity index (χ3v) is 3.33. The maximum Gasteiger partial charge on any atom is 0.248 e. The summed E-state index contributed by atoms with van der Waals surface area (Å²) in [5.41, 5.74) is 0.581. The van der Waals surface area contributed by atoms with Gasteiger partial charge in [0.2, 0.25) is 5.91 Å². The predicted molar refractivity (Wildman–Crippen MR) is 70.0 cm³/mol. The number of likely N-dealkylation sites (tertiary alicyclic amines) is 1. The van der Waals surface area contributed by atoms with Crippen LogP contribution in [0.15, 0.2) is 30.3 Å². The van der Waals surface area contributed by atoms with Gasteiger partial charge in [0.1, 0.15) is 5.54 Å². The van der Waals surface area contributed by atoms with Gasteiger partial charge >= 0.3 is 0 Å². The van der Waals surface area contributed by atoms with Crippen molar-refractivity contribution in [2.75, 3.05) is 18.4 Å². The van der Waals surface area contributed by atoms with Crippen molar-refractivity contribution in [1.29, 1.82) is 0 Å². The van der Waals surface area contributed by atoms with E-state index in [9.17, 15) is 4.79 Å². The molecular formula is C14H20N2O. The number of carbonyl (C=O) groups excluding carboxylic acids is 1. The van der Waals surface area contributed by atoms with E-state index in [0.29, 0.717) is 0 Å². The Hall–Kier alpha value is -1.51. The van der Waals surface area contributed by atoms with Gasteiger partial charge in [-0.25, -0.2) is 0 Å². The van der Waals surface area contributed by atoms with Crippen LogP contribution in [0.3, 0.4) is 0 Å². The Morgan fingerprint density at radius 1 is 1.35 bits per heavy atom. The molecule has 3 nitrogen and oxygen atoms in total. The molecule has 1 amide bonds. The predicted octanol–water partition coefficient (Wildman–Crippen LogP) is 2.50. The summed E-state index contributed by atoms with van der Waals surface area (Å²) in [7, 11) is 0. The highest BCUT2D eigenvalue weighted by molar-refractivity contribution is 5.91. The van der Waals surface area contributed by atoms with Crippen LogP contribution >= 0.6 is 0 Å². The van der Waals surface area contributed by atoms with Crippen LogP contribution in [0, 0.1) is 0 Å². The third kappa shape index (κ3) is 2.43. The van der Waals surface area contributed by atoms with E-state index < -0.39 is 5.54 Å². The Morgan fingerprint density at radius 3 is 2.71 bits per heavy atom. The van der Waals surface area contributed by atoms with Crippen LogP contribution in [0.2, 0.25) is 0 Å². The molecule has 1 N–H and O–H groups in total. The SMILES string of the molecule is CCCN1CCC(C)(Nc2ccccc2)C1=O. The van der Waals surface area contributed by atoms with E-state index in [1.165, 1.54) is 0 Å². The van der Waals surface area contributed by atoms with Gasteiger partial charge in [-0.1, -0.05) is 25.1 Å². The molecule has 1 unspecified atom stereocenters. The Balaban J connectivity index is 2.08. The first-order chi connectivity index (χ1) is 8.15. The molecule has 2 rings (SSSR count). The summed E-state index contributed by atoms with van der Waals surface area (Å²) in [5.74, 6) is 0.225. The zero-order chi connectivity index (χ0) is 12.3. The summed E-state index contributed by atoms with van der Waals surface area (Å²) in [4.78, 5) is 14.2. The van der Waals surface area contributed by atoms with Crippen LogP contribution in [-0.4, -0.2) is 29.4 Å². The lowest BCUT2D eigenvalue weighted by Crippen LogP contribution is -2.44. The lowest BCUT2D eigenvalue weighted by Gasteiger charge is -2.25. The Bertz CT molecular complexity index is 390. The Morgan fingerprint density at radius 2 is 2.06 bits per heavy atom. The molecule has 1 heterocycles. The molecule has 0 bridgehead atoms. The van der Waals surface area contributed by atoms with E-state index in [1.54, 1.807) is 0 Å². The quantitative estimate of drug-likeness (QED) is 0.865. The minimum Gasteiger partial charge on any atom is -0.371 e. The second-order valence-electron chi connectivity index (χ2n) is 4.87. The lowest BCUT2D eigenvalue weighted by atomic mass is 10.00. The summed E-state index contributed by atoms with van der Waals surface area (Å²) in [6, 6.07) is 9.94. The first-order valence-corrected chi connectivity index (χ1v) is 6.28. The van der Waals surface area contributed by atoms with Crippen molar-refractivity contribution in [2.24, 2.45) is 0 Å². The molecule has 92 valence electrons. The highest BCUT2D eigenvalue weighted by atomic mass is 16.2. The van der Waals surface area contributed by atoms with Crippen LogP contribution in [0.4, 0.5) is 5.69 Å². The number of para-hydroxylation sites is 1. The van der Waals surface area contributed by atoms with E-state index >= 15 is 0 Å². The van der Waals surface area contributed by atoms with Crippen molar-refractivity contribution in [3.63, 3.8) is 0 Å². The highest BCUT2D eigenvalue weighted by Crippen LogP contribution is 2.27. The van der Waals surface area contributed by atoms with Gasteiger partial charge in [-0.15, -0.1) is 0 Å². The molecule has 1 aliphatic heterocycles.